The number of rotatable bonds is 6. The van der Waals surface area contributed by atoms with Crippen LogP contribution >= 0.6 is 0 Å². The molecule has 3 heteroatoms. The SMILES string of the molecule is c1ccc(-c2ccc(-c3cc(-c4ccccc4)cc(-n4c5ccc6ccccc6c5c5cccc(-c6cccc7c6oc6c(-c8cccc9c8oc8ccccc89)cccc67)c54)c3)cc2)cc1. The van der Waals surface area contributed by atoms with Crippen LogP contribution in [0.4, 0.5) is 0 Å². The molecule has 0 spiro atoms. The van der Waals surface area contributed by atoms with Crippen LogP contribution in [0.25, 0.3) is 138 Å². The van der Waals surface area contributed by atoms with E-state index in [0.717, 1.165) is 99.5 Å². The first-order chi connectivity index (χ1) is 33.2. The lowest BCUT2D eigenvalue weighted by atomic mass is 9.96. The summed E-state index contributed by atoms with van der Waals surface area (Å²) in [5.74, 6) is 0. The van der Waals surface area contributed by atoms with E-state index < -0.39 is 0 Å². The number of hydrogen-bond acceptors (Lipinski definition) is 2. The summed E-state index contributed by atoms with van der Waals surface area (Å²) in [6.45, 7) is 0. The van der Waals surface area contributed by atoms with Crippen LogP contribution in [0.5, 0.6) is 0 Å². The molecule has 0 aliphatic rings. The molecule has 312 valence electrons. The number of aromatic nitrogens is 1. The van der Waals surface area contributed by atoms with E-state index >= 15 is 0 Å². The molecule has 0 fully saturated rings. The molecule has 0 bridgehead atoms. The summed E-state index contributed by atoms with van der Waals surface area (Å²) in [5, 5.41) is 9.20. The summed E-state index contributed by atoms with van der Waals surface area (Å²) < 4.78 is 16.3. The average Bonchev–Trinajstić information content (AvgIpc) is 4.09. The molecule has 11 aromatic carbocycles. The maximum absolute atomic E-state index is 7.23. The number of benzene rings is 11. The maximum Gasteiger partial charge on any atom is 0.143 e. The Balaban J connectivity index is 1.03. The quantitative estimate of drug-likeness (QED) is 0.167. The molecule has 0 aliphatic carbocycles. The Kier molecular flexibility index (Phi) is 8.28. The van der Waals surface area contributed by atoms with Crippen LogP contribution in [0, 0.1) is 0 Å². The number of fused-ring (bicyclic) bond motifs is 11. The second kappa shape index (κ2) is 14.8. The normalized spacial score (nSPS) is 11.9. The van der Waals surface area contributed by atoms with Crippen molar-refractivity contribution in [2.45, 2.75) is 0 Å². The van der Waals surface area contributed by atoms with Gasteiger partial charge in [0.25, 0.3) is 0 Å². The van der Waals surface area contributed by atoms with E-state index in [-0.39, 0.29) is 0 Å². The summed E-state index contributed by atoms with van der Waals surface area (Å²) >= 11 is 0. The molecule has 3 nitrogen and oxygen atoms in total. The Labute approximate surface area is 386 Å². The van der Waals surface area contributed by atoms with Gasteiger partial charge in [0.2, 0.25) is 0 Å². The number of para-hydroxylation sites is 5. The fraction of sp³-hybridized carbons (Fsp3) is 0. The summed E-state index contributed by atoms with van der Waals surface area (Å²) in [4.78, 5) is 0. The molecule has 0 unspecified atom stereocenters. The summed E-state index contributed by atoms with van der Waals surface area (Å²) in [7, 11) is 0. The molecule has 0 aliphatic heterocycles. The van der Waals surface area contributed by atoms with Gasteiger partial charge in [-0.3, -0.25) is 0 Å². The lowest BCUT2D eigenvalue weighted by Gasteiger charge is -2.16. The lowest BCUT2D eigenvalue weighted by Crippen LogP contribution is -1.97. The van der Waals surface area contributed by atoms with Gasteiger partial charge in [0.1, 0.15) is 22.3 Å². The van der Waals surface area contributed by atoms with Gasteiger partial charge in [0.05, 0.1) is 11.0 Å². The minimum absolute atomic E-state index is 0.843. The van der Waals surface area contributed by atoms with E-state index in [1.807, 2.05) is 12.1 Å². The fourth-order valence-electron chi connectivity index (χ4n) is 10.7. The molecule has 0 atom stereocenters. The van der Waals surface area contributed by atoms with Crippen molar-refractivity contribution in [3.8, 4) is 61.3 Å². The van der Waals surface area contributed by atoms with Crippen molar-refractivity contribution in [3.63, 3.8) is 0 Å². The molecule has 0 N–H and O–H groups in total. The van der Waals surface area contributed by atoms with E-state index in [1.165, 1.54) is 38.2 Å². The topological polar surface area (TPSA) is 31.2 Å². The van der Waals surface area contributed by atoms with E-state index in [0.29, 0.717) is 0 Å². The van der Waals surface area contributed by atoms with Crippen molar-refractivity contribution in [1.29, 1.82) is 0 Å². The Bertz CT molecular complexity index is 4250. The highest BCUT2D eigenvalue weighted by molar-refractivity contribution is 6.25. The molecule has 14 rings (SSSR count). The van der Waals surface area contributed by atoms with Gasteiger partial charge in [0.15, 0.2) is 0 Å². The smallest absolute Gasteiger partial charge is 0.143 e. The van der Waals surface area contributed by atoms with Crippen molar-refractivity contribution in [1.82, 2.24) is 4.57 Å². The van der Waals surface area contributed by atoms with Gasteiger partial charge >= 0.3 is 0 Å². The number of furan rings is 2. The summed E-state index contributed by atoms with van der Waals surface area (Å²) in [6.07, 6.45) is 0. The highest BCUT2D eigenvalue weighted by atomic mass is 16.3. The van der Waals surface area contributed by atoms with E-state index in [9.17, 15) is 0 Å². The van der Waals surface area contributed by atoms with Gasteiger partial charge < -0.3 is 13.4 Å². The zero-order chi connectivity index (χ0) is 44.0. The Morgan fingerprint density at radius 2 is 0.746 bits per heavy atom. The summed E-state index contributed by atoms with van der Waals surface area (Å²) in [6, 6.07) is 85.2. The molecular weight excluding hydrogens is 815 g/mol. The number of hydrogen-bond donors (Lipinski definition) is 0. The van der Waals surface area contributed by atoms with Gasteiger partial charge in [0, 0.05) is 60.3 Å². The fourth-order valence-corrected chi connectivity index (χ4v) is 10.7. The minimum atomic E-state index is 0.843. The highest BCUT2D eigenvalue weighted by Crippen LogP contribution is 2.47. The molecule has 67 heavy (non-hydrogen) atoms. The predicted octanol–water partition coefficient (Wildman–Crippen LogP) is 18.1. The van der Waals surface area contributed by atoms with Crippen LogP contribution < -0.4 is 0 Å². The first kappa shape index (κ1) is 37.5. The Morgan fingerprint density at radius 1 is 0.284 bits per heavy atom. The van der Waals surface area contributed by atoms with Crippen molar-refractivity contribution >= 4 is 76.5 Å². The van der Waals surface area contributed by atoms with Crippen LogP contribution in [0.1, 0.15) is 0 Å². The van der Waals surface area contributed by atoms with Crippen LogP contribution in [0.2, 0.25) is 0 Å². The van der Waals surface area contributed by atoms with Crippen LogP contribution in [-0.2, 0) is 0 Å². The van der Waals surface area contributed by atoms with Gasteiger partial charge in [-0.25, -0.2) is 0 Å². The van der Waals surface area contributed by atoms with Crippen molar-refractivity contribution in [2.75, 3.05) is 0 Å². The number of nitrogens with zero attached hydrogens (tertiary/aromatic N) is 1. The highest BCUT2D eigenvalue weighted by Gasteiger charge is 2.23. The van der Waals surface area contributed by atoms with Crippen molar-refractivity contribution < 1.29 is 8.83 Å². The molecule has 0 radical (unpaired) electrons. The Morgan fingerprint density at radius 3 is 1.40 bits per heavy atom. The monoisotopic (exact) mass is 853 g/mol. The van der Waals surface area contributed by atoms with Crippen LogP contribution in [0.15, 0.2) is 245 Å². The second-order valence-electron chi connectivity index (χ2n) is 17.5. The lowest BCUT2D eigenvalue weighted by molar-refractivity contribution is 0.665. The summed E-state index contributed by atoms with van der Waals surface area (Å²) in [5.41, 5.74) is 18.0. The third kappa shape index (κ3) is 5.85. The zero-order valence-electron chi connectivity index (χ0n) is 36.3. The Hall–Kier alpha value is -8.92. The van der Waals surface area contributed by atoms with Gasteiger partial charge in [-0.1, -0.05) is 206 Å². The van der Waals surface area contributed by atoms with Gasteiger partial charge in [-0.15, -0.1) is 0 Å². The molecular formula is C64H39NO2. The van der Waals surface area contributed by atoms with Gasteiger partial charge in [-0.05, 0) is 74.5 Å². The molecule has 0 saturated carbocycles. The zero-order valence-corrected chi connectivity index (χ0v) is 36.3. The van der Waals surface area contributed by atoms with E-state index in [1.54, 1.807) is 0 Å². The molecule has 3 heterocycles. The molecule has 3 aromatic heterocycles. The van der Waals surface area contributed by atoms with Crippen molar-refractivity contribution in [2.24, 2.45) is 0 Å². The molecule has 14 aromatic rings. The second-order valence-corrected chi connectivity index (χ2v) is 17.5. The maximum atomic E-state index is 7.23. The third-order valence-corrected chi connectivity index (χ3v) is 13.8. The van der Waals surface area contributed by atoms with Crippen molar-refractivity contribution in [3.05, 3.63) is 237 Å². The largest absolute Gasteiger partial charge is 0.455 e. The van der Waals surface area contributed by atoms with Crippen LogP contribution in [-0.4, -0.2) is 4.57 Å². The van der Waals surface area contributed by atoms with Gasteiger partial charge in [-0.2, -0.15) is 0 Å². The minimum Gasteiger partial charge on any atom is -0.455 e. The van der Waals surface area contributed by atoms with E-state index in [2.05, 4.69) is 229 Å². The first-order valence-corrected chi connectivity index (χ1v) is 22.9. The van der Waals surface area contributed by atoms with Crippen LogP contribution in [0.3, 0.4) is 0 Å². The average molecular weight is 854 g/mol. The first-order valence-electron chi connectivity index (χ1n) is 22.9. The molecule has 0 saturated heterocycles. The molecule has 0 amide bonds. The van der Waals surface area contributed by atoms with E-state index in [4.69, 9.17) is 8.83 Å². The third-order valence-electron chi connectivity index (χ3n) is 13.8. The predicted molar refractivity (Wildman–Crippen MR) is 280 cm³/mol. The standard InChI is InChI=1S/C64H39NO2/c1-3-15-40(16-4-1)42-31-33-43(34-32-42)46-37-45(41-17-5-2-6-18-41)38-47(39-46)65-58-36-35-44-19-7-8-20-48(44)60(58)57-29-11-22-50(61(57)65)52-24-13-26-55-56-28-14-27-54(64(56)67-63(52)55)53-25-12-23-51-49-21-9-10-30-59(49)66-62(51)53/h1-39H.